The van der Waals surface area contributed by atoms with Crippen LogP contribution in [0, 0.1) is 11.8 Å². The van der Waals surface area contributed by atoms with Crippen LogP contribution in [0.4, 0.5) is 0 Å². The summed E-state index contributed by atoms with van der Waals surface area (Å²) < 4.78 is 0. The molecule has 0 amide bonds. The highest BCUT2D eigenvalue weighted by Gasteiger charge is 2.31. The second kappa shape index (κ2) is 9.75. The molecule has 0 saturated heterocycles. The molecule has 0 aromatic carbocycles. The van der Waals surface area contributed by atoms with Crippen LogP contribution in [0.5, 0.6) is 0 Å². The van der Waals surface area contributed by atoms with Crippen LogP contribution in [-0.4, -0.2) is 16.9 Å². The minimum Gasteiger partial charge on any atom is -0.475 e. The Morgan fingerprint density at radius 2 is 1.95 bits per heavy atom. The van der Waals surface area contributed by atoms with E-state index >= 15 is 0 Å². The summed E-state index contributed by atoms with van der Waals surface area (Å²) in [4.78, 5) is 23.2. The third kappa shape index (κ3) is 6.03. The molecule has 0 radical (unpaired) electrons. The Morgan fingerprint density at radius 3 is 2.48 bits per heavy atom. The summed E-state index contributed by atoms with van der Waals surface area (Å²) in [6, 6.07) is 0. The van der Waals surface area contributed by atoms with E-state index in [4.69, 9.17) is 5.11 Å². The van der Waals surface area contributed by atoms with Gasteiger partial charge in [-0.1, -0.05) is 64.0 Å². The predicted molar refractivity (Wildman–Crippen MR) is 85.2 cm³/mol. The van der Waals surface area contributed by atoms with Crippen LogP contribution in [-0.2, 0) is 9.59 Å². The Hall–Kier alpha value is -1.12. The SMILES string of the molecule is CCCCCC(CCC)CC(C(=O)C(=O)O)C1=CCCC1. The highest BCUT2D eigenvalue weighted by molar-refractivity contribution is 6.34. The van der Waals surface area contributed by atoms with Crippen molar-refractivity contribution < 1.29 is 14.7 Å². The van der Waals surface area contributed by atoms with Crippen LogP contribution < -0.4 is 0 Å². The molecule has 2 unspecified atom stereocenters. The Balaban J connectivity index is 2.71. The molecule has 1 aliphatic rings. The zero-order valence-electron chi connectivity index (χ0n) is 13.6. The minimum absolute atomic E-state index is 0.372. The summed E-state index contributed by atoms with van der Waals surface area (Å²) in [6.07, 6.45) is 12.7. The second-order valence-corrected chi connectivity index (χ2v) is 6.28. The maximum Gasteiger partial charge on any atom is 0.372 e. The van der Waals surface area contributed by atoms with Gasteiger partial charge in [0.25, 0.3) is 0 Å². The molecule has 1 N–H and O–H groups in total. The molecule has 0 heterocycles. The van der Waals surface area contributed by atoms with E-state index < -0.39 is 11.8 Å². The summed E-state index contributed by atoms with van der Waals surface area (Å²) in [7, 11) is 0. The Labute approximate surface area is 128 Å². The van der Waals surface area contributed by atoms with Crippen molar-refractivity contribution >= 4 is 11.8 Å². The van der Waals surface area contributed by atoms with Crippen LogP contribution in [0.2, 0.25) is 0 Å². The summed E-state index contributed by atoms with van der Waals surface area (Å²) >= 11 is 0. The molecule has 0 saturated carbocycles. The van der Waals surface area contributed by atoms with Gasteiger partial charge in [-0.3, -0.25) is 4.79 Å². The van der Waals surface area contributed by atoms with Gasteiger partial charge in [0.1, 0.15) is 0 Å². The Morgan fingerprint density at radius 1 is 1.19 bits per heavy atom. The van der Waals surface area contributed by atoms with Crippen LogP contribution >= 0.6 is 0 Å². The molecule has 0 bridgehead atoms. The fraction of sp³-hybridized carbons (Fsp3) is 0.778. The van der Waals surface area contributed by atoms with E-state index in [1.807, 2.05) is 0 Å². The number of unbranched alkanes of at least 4 members (excludes halogenated alkanes) is 2. The summed E-state index contributed by atoms with van der Waals surface area (Å²) in [6.45, 7) is 4.35. The summed E-state index contributed by atoms with van der Waals surface area (Å²) in [5.41, 5.74) is 1.08. The third-order valence-electron chi connectivity index (χ3n) is 4.53. The number of Topliss-reactive ketones (excluding diaryl/α,β-unsaturated/α-hetero) is 1. The smallest absolute Gasteiger partial charge is 0.372 e. The van der Waals surface area contributed by atoms with Crippen molar-refractivity contribution in [2.24, 2.45) is 11.8 Å². The molecule has 0 spiro atoms. The average Bonchev–Trinajstić information content (AvgIpc) is 2.98. The van der Waals surface area contributed by atoms with Gasteiger partial charge in [0.2, 0.25) is 5.78 Å². The maximum atomic E-state index is 12.1. The summed E-state index contributed by atoms with van der Waals surface area (Å²) in [5.74, 6) is -1.75. The van der Waals surface area contributed by atoms with E-state index in [1.54, 1.807) is 0 Å². The molecule has 1 aliphatic carbocycles. The van der Waals surface area contributed by atoms with Crippen molar-refractivity contribution in [3.05, 3.63) is 11.6 Å². The Kier molecular flexibility index (Phi) is 8.33. The van der Waals surface area contributed by atoms with Gasteiger partial charge in [-0.15, -0.1) is 0 Å². The van der Waals surface area contributed by atoms with Gasteiger partial charge >= 0.3 is 5.97 Å². The standard InChI is InChI=1S/C18H30O3/c1-3-5-6-10-14(9-4-2)13-16(17(19)18(20)21)15-11-7-8-12-15/h11,14,16H,3-10,12-13H2,1-2H3,(H,20,21). The number of hydrogen-bond donors (Lipinski definition) is 1. The number of rotatable bonds is 11. The molecular weight excluding hydrogens is 264 g/mol. The van der Waals surface area contributed by atoms with Crippen LogP contribution in [0.3, 0.4) is 0 Å². The lowest BCUT2D eigenvalue weighted by atomic mass is 9.81. The first-order chi connectivity index (χ1) is 10.1. The monoisotopic (exact) mass is 294 g/mol. The van der Waals surface area contributed by atoms with Crippen molar-refractivity contribution in [1.29, 1.82) is 0 Å². The van der Waals surface area contributed by atoms with E-state index in [9.17, 15) is 9.59 Å². The normalized spacial score (nSPS) is 17.3. The molecule has 21 heavy (non-hydrogen) atoms. The largest absolute Gasteiger partial charge is 0.475 e. The molecule has 0 aromatic heterocycles. The van der Waals surface area contributed by atoms with Gasteiger partial charge < -0.3 is 5.11 Å². The van der Waals surface area contributed by atoms with Gasteiger partial charge in [-0.05, 0) is 31.6 Å². The van der Waals surface area contributed by atoms with Gasteiger partial charge in [-0.25, -0.2) is 4.79 Å². The van der Waals surface area contributed by atoms with Crippen molar-refractivity contribution in [2.75, 3.05) is 0 Å². The molecule has 0 aliphatic heterocycles. The highest BCUT2D eigenvalue weighted by Crippen LogP contribution is 2.33. The number of hydrogen-bond acceptors (Lipinski definition) is 2. The quantitative estimate of drug-likeness (QED) is 0.340. The fourth-order valence-corrected chi connectivity index (χ4v) is 3.39. The van der Waals surface area contributed by atoms with Crippen LogP contribution in [0.25, 0.3) is 0 Å². The first-order valence-electron chi connectivity index (χ1n) is 8.56. The molecule has 3 heteroatoms. The highest BCUT2D eigenvalue weighted by atomic mass is 16.4. The van der Waals surface area contributed by atoms with Crippen LogP contribution in [0.15, 0.2) is 11.6 Å². The minimum atomic E-state index is -1.27. The number of carboxylic acids is 1. The van der Waals surface area contributed by atoms with E-state index in [1.165, 1.54) is 19.3 Å². The lowest BCUT2D eigenvalue weighted by molar-refractivity contribution is -0.150. The van der Waals surface area contributed by atoms with E-state index in [2.05, 4.69) is 19.9 Å². The number of carbonyl (C=O) groups excluding carboxylic acids is 1. The maximum absolute atomic E-state index is 12.1. The molecule has 0 fully saturated rings. The number of carboxylic acid groups (broad SMARTS) is 1. The predicted octanol–water partition coefficient (Wildman–Crippen LogP) is 4.75. The fourth-order valence-electron chi connectivity index (χ4n) is 3.39. The van der Waals surface area contributed by atoms with Crippen molar-refractivity contribution in [3.63, 3.8) is 0 Å². The van der Waals surface area contributed by atoms with Crippen LogP contribution in [0.1, 0.15) is 78.1 Å². The zero-order chi connectivity index (χ0) is 15.7. The lowest BCUT2D eigenvalue weighted by Crippen LogP contribution is -2.27. The van der Waals surface area contributed by atoms with E-state index in [0.29, 0.717) is 5.92 Å². The van der Waals surface area contributed by atoms with Gasteiger partial charge in [-0.2, -0.15) is 0 Å². The first kappa shape index (κ1) is 17.9. The van der Waals surface area contributed by atoms with E-state index in [-0.39, 0.29) is 5.92 Å². The molecule has 1 rings (SSSR count). The zero-order valence-corrected chi connectivity index (χ0v) is 13.6. The van der Waals surface area contributed by atoms with Gasteiger partial charge in [0.15, 0.2) is 0 Å². The van der Waals surface area contributed by atoms with Crippen molar-refractivity contribution in [3.8, 4) is 0 Å². The number of allylic oxidation sites excluding steroid dienone is 2. The Bertz CT molecular complexity index is 369. The van der Waals surface area contributed by atoms with Gasteiger partial charge in [0, 0.05) is 0 Å². The average molecular weight is 294 g/mol. The van der Waals surface area contributed by atoms with Gasteiger partial charge in [0.05, 0.1) is 5.92 Å². The lowest BCUT2D eigenvalue weighted by Gasteiger charge is -2.22. The molecule has 120 valence electrons. The molecular formula is C18H30O3. The molecule has 0 aromatic rings. The number of carbonyl (C=O) groups is 2. The first-order valence-corrected chi connectivity index (χ1v) is 8.56. The number of ketones is 1. The molecule has 3 nitrogen and oxygen atoms in total. The second-order valence-electron chi connectivity index (χ2n) is 6.28. The van der Waals surface area contributed by atoms with E-state index in [0.717, 1.165) is 50.5 Å². The molecule has 2 atom stereocenters. The topological polar surface area (TPSA) is 54.4 Å². The van der Waals surface area contributed by atoms with Crippen molar-refractivity contribution in [1.82, 2.24) is 0 Å². The summed E-state index contributed by atoms with van der Waals surface area (Å²) in [5, 5.41) is 9.09. The number of aliphatic carboxylic acids is 1. The third-order valence-corrected chi connectivity index (χ3v) is 4.53. The van der Waals surface area contributed by atoms with Crippen molar-refractivity contribution in [2.45, 2.75) is 78.1 Å².